The van der Waals surface area contributed by atoms with Crippen molar-refractivity contribution in [3.63, 3.8) is 0 Å². The number of nitrogens with zero attached hydrogens (tertiary/aromatic N) is 2. The highest BCUT2D eigenvalue weighted by molar-refractivity contribution is 7.89. The third kappa shape index (κ3) is 6.09. The lowest BCUT2D eigenvalue weighted by Gasteiger charge is -2.30. The van der Waals surface area contributed by atoms with Gasteiger partial charge in [0.2, 0.25) is 15.9 Å². The van der Waals surface area contributed by atoms with Gasteiger partial charge in [-0.3, -0.25) is 14.6 Å². The van der Waals surface area contributed by atoms with Gasteiger partial charge in [-0.05, 0) is 67.8 Å². The Morgan fingerprint density at radius 3 is 2.46 bits per heavy atom. The van der Waals surface area contributed by atoms with Gasteiger partial charge in [-0.25, -0.2) is 8.42 Å². The lowest BCUT2D eigenvalue weighted by Crippen LogP contribution is -2.41. The first-order chi connectivity index (χ1) is 16.8. The van der Waals surface area contributed by atoms with Gasteiger partial charge in [-0.15, -0.1) is 0 Å². The van der Waals surface area contributed by atoms with E-state index in [0.717, 1.165) is 11.3 Å². The minimum Gasteiger partial charge on any atom is -0.326 e. The number of pyridine rings is 1. The highest BCUT2D eigenvalue weighted by Gasteiger charge is 2.32. The monoisotopic (exact) mass is 489 g/mol. The fourth-order valence-corrected chi connectivity index (χ4v) is 5.52. The van der Waals surface area contributed by atoms with E-state index < -0.39 is 10.0 Å². The first-order valence-electron chi connectivity index (χ1n) is 11.4. The summed E-state index contributed by atoms with van der Waals surface area (Å²) in [5.74, 6) is -0.585. The first kappa shape index (κ1) is 24.5. The van der Waals surface area contributed by atoms with Gasteiger partial charge in [0, 0.05) is 36.5 Å². The van der Waals surface area contributed by atoms with Crippen molar-refractivity contribution in [2.45, 2.75) is 24.7 Å². The fraction of sp³-hybridized carbons (Fsp3) is 0.222. The van der Waals surface area contributed by atoms with E-state index in [4.69, 9.17) is 0 Å². The maximum Gasteiger partial charge on any atom is 0.243 e. The number of rotatable bonds is 7. The van der Waals surface area contributed by atoms with Crippen LogP contribution in [-0.4, -0.2) is 42.5 Å². The van der Waals surface area contributed by atoms with E-state index in [9.17, 15) is 18.0 Å². The minimum absolute atomic E-state index is 0.101. The van der Waals surface area contributed by atoms with Crippen molar-refractivity contribution in [3.8, 4) is 0 Å². The summed E-state index contributed by atoms with van der Waals surface area (Å²) in [7, 11) is -3.72. The van der Waals surface area contributed by atoms with E-state index in [1.165, 1.54) is 23.4 Å². The molecule has 1 N–H and O–H groups in total. The van der Waals surface area contributed by atoms with Crippen molar-refractivity contribution < 1.29 is 18.0 Å². The van der Waals surface area contributed by atoms with E-state index in [-0.39, 0.29) is 35.6 Å². The van der Waals surface area contributed by atoms with Gasteiger partial charge < -0.3 is 5.32 Å². The summed E-state index contributed by atoms with van der Waals surface area (Å²) in [6.07, 6.45) is 6.43. The zero-order valence-electron chi connectivity index (χ0n) is 19.4. The van der Waals surface area contributed by atoms with Gasteiger partial charge in [0.15, 0.2) is 5.78 Å². The molecule has 1 fully saturated rings. The predicted molar refractivity (Wildman–Crippen MR) is 136 cm³/mol. The lowest BCUT2D eigenvalue weighted by molar-refractivity contribution is -0.120. The van der Waals surface area contributed by atoms with E-state index in [1.807, 2.05) is 54.6 Å². The molecule has 2 heterocycles. The molecule has 0 aliphatic carbocycles. The van der Waals surface area contributed by atoms with Gasteiger partial charge in [0.05, 0.1) is 10.6 Å². The van der Waals surface area contributed by atoms with E-state index in [1.54, 1.807) is 18.3 Å². The molecule has 0 unspecified atom stereocenters. The number of carbonyl (C=O) groups excluding carboxylic acids is 2. The van der Waals surface area contributed by atoms with Crippen LogP contribution in [0, 0.1) is 5.92 Å². The predicted octanol–water partition coefficient (Wildman–Crippen LogP) is 4.49. The number of anilines is 1. The maximum absolute atomic E-state index is 13.0. The summed E-state index contributed by atoms with van der Waals surface area (Å²) in [6.45, 7) is 1.90. The molecule has 0 bridgehead atoms. The van der Waals surface area contributed by atoms with Crippen LogP contribution in [0.5, 0.6) is 0 Å². The Kier molecular flexibility index (Phi) is 7.53. The van der Waals surface area contributed by atoms with Crippen LogP contribution in [0.2, 0.25) is 0 Å². The maximum atomic E-state index is 13.0. The molecule has 7 nitrogen and oxygen atoms in total. The molecule has 1 aliphatic heterocycles. The highest BCUT2D eigenvalue weighted by Crippen LogP contribution is 2.26. The van der Waals surface area contributed by atoms with Crippen molar-refractivity contribution in [2.24, 2.45) is 5.92 Å². The van der Waals surface area contributed by atoms with E-state index >= 15 is 0 Å². The van der Waals surface area contributed by atoms with Crippen molar-refractivity contribution in [2.75, 3.05) is 18.4 Å². The second-order valence-electron chi connectivity index (χ2n) is 8.47. The van der Waals surface area contributed by atoms with E-state index in [0.29, 0.717) is 24.1 Å². The Hall–Kier alpha value is -3.62. The number of Topliss-reactive ketones (excluding diaryl/α,β-unsaturated/α-hetero) is 1. The second kappa shape index (κ2) is 10.8. The standard InChI is InChI=1S/C27H27N3O4S/c1-20(31)23-7-5-10-26(19-23)35(33,34)30-16-13-22(14-17-30)27(32)29-25-9-4-6-21(18-25)11-12-24-8-2-3-15-28-24/h2-12,15,18-19,22H,13-14,16-17H2,1H3,(H,29,32)/b12-11+. The molecular weight excluding hydrogens is 462 g/mol. The summed E-state index contributed by atoms with van der Waals surface area (Å²) in [4.78, 5) is 28.9. The quantitative estimate of drug-likeness (QED) is 0.493. The van der Waals surface area contributed by atoms with Crippen molar-refractivity contribution >= 4 is 39.6 Å². The molecule has 0 spiro atoms. The summed E-state index contributed by atoms with van der Waals surface area (Å²) in [6, 6.07) is 19.3. The average Bonchev–Trinajstić information content (AvgIpc) is 2.88. The third-order valence-corrected chi connectivity index (χ3v) is 7.89. The van der Waals surface area contributed by atoms with E-state index in [2.05, 4.69) is 10.3 Å². The summed E-state index contributed by atoms with van der Waals surface area (Å²) in [5, 5.41) is 2.96. The summed E-state index contributed by atoms with van der Waals surface area (Å²) >= 11 is 0. The molecule has 8 heteroatoms. The summed E-state index contributed by atoms with van der Waals surface area (Å²) < 4.78 is 27.5. The highest BCUT2D eigenvalue weighted by atomic mass is 32.2. The van der Waals surface area contributed by atoms with Crippen LogP contribution in [0.25, 0.3) is 12.2 Å². The van der Waals surface area contributed by atoms with Crippen LogP contribution in [0.1, 0.15) is 41.4 Å². The smallest absolute Gasteiger partial charge is 0.243 e. The number of benzene rings is 2. The van der Waals surface area contributed by atoms with Crippen LogP contribution >= 0.6 is 0 Å². The number of nitrogens with one attached hydrogen (secondary N) is 1. The van der Waals surface area contributed by atoms with Crippen molar-refractivity contribution in [1.82, 2.24) is 9.29 Å². The molecule has 0 atom stereocenters. The van der Waals surface area contributed by atoms with Crippen LogP contribution in [-0.2, 0) is 14.8 Å². The number of amides is 1. The van der Waals surface area contributed by atoms with Gasteiger partial charge in [0.25, 0.3) is 0 Å². The lowest BCUT2D eigenvalue weighted by atomic mass is 9.97. The molecule has 1 aromatic heterocycles. The number of carbonyl (C=O) groups is 2. The Labute approximate surface area is 205 Å². The average molecular weight is 490 g/mol. The van der Waals surface area contributed by atoms with Crippen molar-refractivity contribution in [3.05, 3.63) is 89.7 Å². The molecule has 0 saturated carbocycles. The second-order valence-corrected chi connectivity index (χ2v) is 10.4. The largest absolute Gasteiger partial charge is 0.326 e. The van der Waals surface area contributed by atoms with Crippen LogP contribution in [0.4, 0.5) is 5.69 Å². The van der Waals surface area contributed by atoms with Crippen LogP contribution in [0.3, 0.4) is 0 Å². The topological polar surface area (TPSA) is 96.4 Å². The number of hydrogen-bond donors (Lipinski definition) is 1. The first-order valence-corrected chi connectivity index (χ1v) is 12.9. The van der Waals surface area contributed by atoms with Gasteiger partial charge in [0.1, 0.15) is 0 Å². The van der Waals surface area contributed by atoms with Gasteiger partial charge in [-0.1, -0.05) is 36.4 Å². The zero-order valence-corrected chi connectivity index (χ0v) is 20.2. The number of ketones is 1. The Morgan fingerprint density at radius 2 is 1.74 bits per heavy atom. The van der Waals surface area contributed by atoms with Gasteiger partial charge in [-0.2, -0.15) is 4.31 Å². The number of sulfonamides is 1. The molecule has 1 amide bonds. The van der Waals surface area contributed by atoms with Crippen molar-refractivity contribution in [1.29, 1.82) is 0 Å². The molecular formula is C27H27N3O4S. The molecule has 2 aromatic carbocycles. The van der Waals surface area contributed by atoms with Gasteiger partial charge >= 0.3 is 0 Å². The fourth-order valence-electron chi connectivity index (χ4n) is 4.00. The molecule has 0 radical (unpaired) electrons. The minimum atomic E-state index is -3.72. The Bertz CT molecular complexity index is 1350. The number of hydrogen-bond acceptors (Lipinski definition) is 5. The summed E-state index contributed by atoms with van der Waals surface area (Å²) in [5.41, 5.74) is 2.82. The number of piperidine rings is 1. The SMILES string of the molecule is CC(=O)c1cccc(S(=O)(=O)N2CCC(C(=O)Nc3cccc(/C=C/c4ccccn4)c3)CC2)c1. The molecule has 4 rings (SSSR count). The molecule has 180 valence electrons. The number of aromatic nitrogens is 1. The molecule has 1 aliphatic rings. The molecule has 35 heavy (non-hydrogen) atoms. The third-order valence-electron chi connectivity index (χ3n) is 5.99. The molecule has 1 saturated heterocycles. The molecule has 3 aromatic rings. The Balaban J connectivity index is 1.36. The van der Waals surface area contributed by atoms with Crippen LogP contribution < -0.4 is 5.32 Å². The normalized spacial score (nSPS) is 15.2. The zero-order chi connectivity index (χ0) is 24.8. The Morgan fingerprint density at radius 1 is 0.971 bits per heavy atom. The van der Waals surface area contributed by atoms with Crippen LogP contribution in [0.15, 0.2) is 77.8 Å².